The first-order valence-electron chi connectivity index (χ1n) is 10.8. The molecule has 0 amide bonds. The Balaban J connectivity index is 1.78. The summed E-state index contributed by atoms with van der Waals surface area (Å²) >= 11 is 0. The molecule has 7 atom stereocenters. The van der Waals surface area contributed by atoms with Gasteiger partial charge in [-0.1, -0.05) is 31.6 Å². The average Bonchev–Trinajstić information content (AvgIpc) is 2.90. The molecule has 0 saturated heterocycles. The van der Waals surface area contributed by atoms with Crippen molar-refractivity contribution in [3.8, 4) is 0 Å². The fourth-order valence-electron chi connectivity index (χ4n) is 7.63. The monoisotopic (exact) mass is 386 g/mol. The van der Waals surface area contributed by atoms with E-state index in [9.17, 15) is 14.7 Å². The van der Waals surface area contributed by atoms with Gasteiger partial charge in [-0.25, -0.2) is 0 Å². The van der Waals surface area contributed by atoms with Crippen molar-refractivity contribution in [1.82, 2.24) is 0 Å². The highest BCUT2D eigenvalue weighted by atomic mass is 16.6. The Labute approximate surface area is 168 Å². The zero-order chi connectivity index (χ0) is 20.5. The second-order valence-corrected chi connectivity index (χ2v) is 10.2. The number of hydrogen-bond acceptors (Lipinski definition) is 4. The number of hydrogen-bond donors (Lipinski definition) is 1. The highest BCUT2D eigenvalue weighted by molar-refractivity contribution is 5.89. The van der Waals surface area contributed by atoms with E-state index in [1.165, 1.54) is 18.1 Å². The predicted molar refractivity (Wildman–Crippen MR) is 107 cm³/mol. The van der Waals surface area contributed by atoms with Crippen molar-refractivity contribution in [1.29, 1.82) is 0 Å². The van der Waals surface area contributed by atoms with Crippen LogP contribution in [-0.2, 0) is 14.3 Å². The first kappa shape index (κ1) is 19.9. The van der Waals surface area contributed by atoms with Gasteiger partial charge in [0, 0.05) is 12.3 Å². The Morgan fingerprint density at radius 2 is 1.71 bits per heavy atom. The Bertz CT molecular complexity index is 779. The Morgan fingerprint density at radius 3 is 2.36 bits per heavy atom. The summed E-state index contributed by atoms with van der Waals surface area (Å²) in [5.41, 5.74) is 1.41. The van der Waals surface area contributed by atoms with Crippen LogP contribution in [0.2, 0.25) is 0 Å². The van der Waals surface area contributed by atoms with E-state index < -0.39 is 5.60 Å². The molecule has 0 heterocycles. The summed E-state index contributed by atoms with van der Waals surface area (Å²) in [5, 5.41) is 10.2. The van der Waals surface area contributed by atoms with Crippen LogP contribution in [0.1, 0.15) is 73.1 Å². The van der Waals surface area contributed by atoms with Crippen LogP contribution in [0.4, 0.5) is 0 Å². The van der Waals surface area contributed by atoms with Crippen LogP contribution < -0.4 is 0 Å². The lowest BCUT2D eigenvalue weighted by atomic mass is 9.47. The largest absolute Gasteiger partial charge is 0.451 e. The van der Waals surface area contributed by atoms with Crippen LogP contribution in [0.15, 0.2) is 23.3 Å². The van der Waals surface area contributed by atoms with Gasteiger partial charge >= 0.3 is 5.97 Å². The lowest BCUT2D eigenvalue weighted by Crippen LogP contribution is -2.58. The van der Waals surface area contributed by atoms with E-state index in [1.54, 1.807) is 6.92 Å². The van der Waals surface area contributed by atoms with Gasteiger partial charge in [-0.05, 0) is 81.1 Å². The van der Waals surface area contributed by atoms with Gasteiger partial charge in [0.1, 0.15) is 0 Å². The molecule has 2 fully saturated rings. The lowest BCUT2D eigenvalue weighted by molar-refractivity contribution is -0.185. The number of fused-ring (bicyclic) bond motifs is 5. The van der Waals surface area contributed by atoms with Gasteiger partial charge < -0.3 is 9.84 Å². The standard InChI is InChI=1S/C24H34O4/c1-14-12-18-19(22(4)9-6-17(27)13-21(14)22)7-10-23(5)20(18)8-11-24(23,15(2)25)28-16(3)26/h12-13,17-20,27H,6-11H2,1-5H3/t17?,18-,19+,20+,22-,23+,24+/m1/s1. The molecule has 0 radical (unpaired) electrons. The topological polar surface area (TPSA) is 63.6 Å². The average molecular weight is 387 g/mol. The van der Waals surface area contributed by atoms with E-state index in [-0.39, 0.29) is 28.7 Å². The van der Waals surface area contributed by atoms with Crippen molar-refractivity contribution in [2.24, 2.45) is 28.6 Å². The number of rotatable bonds is 2. The Morgan fingerprint density at radius 1 is 1.04 bits per heavy atom. The normalized spacial score (nSPS) is 47.2. The molecule has 4 rings (SSSR count). The van der Waals surface area contributed by atoms with Gasteiger partial charge in [0.05, 0.1) is 6.10 Å². The van der Waals surface area contributed by atoms with Crippen molar-refractivity contribution >= 4 is 11.8 Å². The zero-order valence-corrected chi connectivity index (χ0v) is 17.9. The van der Waals surface area contributed by atoms with E-state index in [0.717, 1.165) is 32.1 Å². The molecule has 0 aromatic rings. The maximum Gasteiger partial charge on any atom is 0.303 e. The maximum absolute atomic E-state index is 12.8. The van der Waals surface area contributed by atoms with Gasteiger partial charge in [-0.3, -0.25) is 9.59 Å². The molecule has 0 spiro atoms. The third kappa shape index (κ3) is 2.46. The zero-order valence-electron chi connectivity index (χ0n) is 17.9. The highest BCUT2D eigenvalue weighted by Crippen LogP contribution is 2.67. The minimum absolute atomic E-state index is 0.00440. The fraction of sp³-hybridized carbons (Fsp3) is 0.750. The summed E-state index contributed by atoms with van der Waals surface area (Å²) in [5.74, 6) is 0.902. The van der Waals surface area contributed by atoms with Crippen molar-refractivity contribution in [3.63, 3.8) is 0 Å². The first-order chi connectivity index (χ1) is 13.0. The molecule has 4 heteroatoms. The second-order valence-electron chi connectivity index (χ2n) is 10.2. The summed E-state index contributed by atoms with van der Waals surface area (Å²) < 4.78 is 5.83. The number of ketones is 1. The fourth-order valence-corrected chi connectivity index (χ4v) is 7.63. The molecular formula is C24H34O4. The van der Waals surface area contributed by atoms with Gasteiger partial charge in [0.25, 0.3) is 0 Å². The van der Waals surface area contributed by atoms with E-state index in [4.69, 9.17) is 4.74 Å². The second kappa shape index (κ2) is 6.29. The number of ether oxygens (including phenoxy) is 1. The van der Waals surface area contributed by atoms with Crippen LogP contribution in [0.5, 0.6) is 0 Å². The van der Waals surface area contributed by atoms with Crippen molar-refractivity contribution in [2.75, 3.05) is 0 Å². The number of carbonyl (C=O) groups is 2. The molecule has 4 aliphatic carbocycles. The summed E-state index contributed by atoms with van der Waals surface area (Å²) in [6.45, 7) is 9.75. The molecule has 2 saturated carbocycles. The van der Waals surface area contributed by atoms with Crippen LogP contribution in [0.3, 0.4) is 0 Å². The van der Waals surface area contributed by atoms with E-state index in [1.807, 2.05) is 0 Å². The summed E-state index contributed by atoms with van der Waals surface area (Å²) in [6, 6.07) is 0. The number of carbonyl (C=O) groups excluding carboxylic acids is 2. The SMILES string of the molecule is CC(=O)O[C@]1(C(C)=O)CC[C@H]2[C@@H]3C=C(C)C4=CC(O)CC[C@]4(C)[C@H]3CC[C@@]21C. The van der Waals surface area contributed by atoms with Gasteiger partial charge in [0.15, 0.2) is 11.4 Å². The summed E-state index contributed by atoms with van der Waals surface area (Å²) in [4.78, 5) is 24.7. The number of allylic oxidation sites excluding steroid dienone is 3. The molecule has 0 aromatic heterocycles. The smallest absolute Gasteiger partial charge is 0.303 e. The van der Waals surface area contributed by atoms with Crippen molar-refractivity contribution < 1.29 is 19.4 Å². The third-order valence-corrected chi connectivity index (χ3v) is 8.96. The minimum Gasteiger partial charge on any atom is -0.451 e. The number of aliphatic hydroxyl groups is 1. The van der Waals surface area contributed by atoms with Crippen LogP contribution in [0, 0.1) is 28.6 Å². The van der Waals surface area contributed by atoms with E-state index >= 15 is 0 Å². The Hall–Kier alpha value is -1.42. The van der Waals surface area contributed by atoms with Gasteiger partial charge in [-0.15, -0.1) is 0 Å². The van der Waals surface area contributed by atoms with Crippen molar-refractivity contribution in [2.45, 2.75) is 84.8 Å². The quantitative estimate of drug-likeness (QED) is 0.716. The van der Waals surface area contributed by atoms with Crippen LogP contribution in [-0.4, -0.2) is 28.6 Å². The van der Waals surface area contributed by atoms with Crippen LogP contribution in [0.25, 0.3) is 0 Å². The molecule has 1 N–H and O–H groups in total. The molecule has 0 aromatic carbocycles. The molecule has 0 aliphatic heterocycles. The van der Waals surface area contributed by atoms with Crippen molar-refractivity contribution in [3.05, 3.63) is 23.3 Å². The maximum atomic E-state index is 12.8. The van der Waals surface area contributed by atoms with E-state index in [0.29, 0.717) is 24.2 Å². The number of esters is 1. The highest BCUT2D eigenvalue weighted by Gasteiger charge is 2.67. The minimum atomic E-state index is -0.976. The molecule has 28 heavy (non-hydrogen) atoms. The molecule has 154 valence electrons. The molecule has 0 bridgehead atoms. The molecule has 4 nitrogen and oxygen atoms in total. The summed E-state index contributed by atoms with van der Waals surface area (Å²) in [7, 11) is 0. The van der Waals surface area contributed by atoms with Crippen LogP contribution >= 0.6 is 0 Å². The molecule has 1 unspecified atom stereocenters. The molecule has 4 aliphatic rings. The number of Topliss-reactive ketones (excluding diaryl/α,β-unsaturated/α-hetero) is 1. The molecular weight excluding hydrogens is 352 g/mol. The van der Waals surface area contributed by atoms with Gasteiger partial charge in [0.2, 0.25) is 0 Å². The van der Waals surface area contributed by atoms with E-state index in [2.05, 4.69) is 32.9 Å². The lowest BCUT2D eigenvalue weighted by Gasteiger charge is -2.58. The predicted octanol–water partition coefficient (Wildman–Crippen LogP) is 4.37. The summed E-state index contributed by atoms with van der Waals surface area (Å²) in [6.07, 6.45) is 9.47. The third-order valence-electron chi connectivity index (χ3n) is 8.96. The Kier molecular flexibility index (Phi) is 4.46. The number of aliphatic hydroxyl groups excluding tert-OH is 1. The van der Waals surface area contributed by atoms with Gasteiger partial charge in [-0.2, -0.15) is 0 Å². The first-order valence-corrected chi connectivity index (χ1v) is 10.8.